The monoisotopic (exact) mass is 432 g/mol. The van der Waals surface area contributed by atoms with Crippen molar-refractivity contribution in [2.75, 3.05) is 5.32 Å². The number of carboxylic acids is 1. The molecule has 0 amide bonds. The zero-order chi connectivity index (χ0) is 22.0. The van der Waals surface area contributed by atoms with E-state index in [2.05, 4.69) is 9.71 Å². The number of nitrogens with zero attached hydrogens (tertiary/aromatic N) is 1. The quantitative estimate of drug-likeness (QED) is 0.635. The molecule has 3 aromatic carbocycles. The first-order chi connectivity index (χ1) is 14.8. The minimum Gasteiger partial charge on any atom is -0.478 e. The number of carboxylic acid groups (broad SMARTS) is 1. The first-order valence-electron chi connectivity index (χ1n) is 9.21. The molecule has 8 heteroatoms. The van der Waals surface area contributed by atoms with Crippen LogP contribution in [0.15, 0.2) is 99.9 Å². The molecule has 0 radical (unpaired) electrons. The molecule has 1 aliphatic rings. The zero-order valence-electron chi connectivity index (χ0n) is 16.0. The van der Waals surface area contributed by atoms with Gasteiger partial charge in [0, 0.05) is 16.8 Å². The van der Waals surface area contributed by atoms with E-state index in [0.29, 0.717) is 16.8 Å². The van der Waals surface area contributed by atoms with Crippen LogP contribution in [0.2, 0.25) is 0 Å². The number of carbonyl (C=O) groups excluding carboxylic acids is 1. The second-order valence-electron chi connectivity index (χ2n) is 6.70. The Morgan fingerprint density at radius 2 is 1.45 bits per heavy atom. The summed E-state index contributed by atoms with van der Waals surface area (Å²) in [5.74, 6) is -1.43. The van der Waals surface area contributed by atoms with E-state index in [1.165, 1.54) is 30.3 Å². The Kier molecular flexibility index (Phi) is 5.22. The maximum Gasteiger partial charge on any atom is 0.335 e. The minimum absolute atomic E-state index is 0.0329. The molecule has 7 nitrogen and oxygen atoms in total. The number of para-hydroxylation sites is 1. The number of allylic oxidation sites excluding steroid dienone is 2. The highest BCUT2D eigenvalue weighted by molar-refractivity contribution is 7.90. The molecular weight excluding hydrogens is 416 g/mol. The van der Waals surface area contributed by atoms with Gasteiger partial charge in [-0.2, -0.15) is 12.8 Å². The molecular formula is C23H16N2O5S. The topological polar surface area (TPSA) is 113 Å². The van der Waals surface area contributed by atoms with Gasteiger partial charge in [-0.3, -0.25) is 4.79 Å². The Hall–Kier alpha value is -4.04. The van der Waals surface area contributed by atoms with Crippen LogP contribution in [0.3, 0.4) is 0 Å². The van der Waals surface area contributed by atoms with Crippen molar-refractivity contribution < 1.29 is 23.1 Å². The van der Waals surface area contributed by atoms with Gasteiger partial charge in [-0.25, -0.2) is 4.79 Å². The number of hydrogen-bond acceptors (Lipinski definition) is 5. The molecule has 0 saturated carbocycles. The number of nitrogens with one attached hydrogen (secondary N) is 1. The number of sulfonamides is 1. The lowest BCUT2D eigenvalue weighted by Crippen LogP contribution is -2.22. The Labute approximate surface area is 178 Å². The van der Waals surface area contributed by atoms with E-state index in [0.717, 1.165) is 0 Å². The fourth-order valence-electron chi connectivity index (χ4n) is 3.13. The Balaban J connectivity index is 1.79. The van der Waals surface area contributed by atoms with Gasteiger partial charge in [0.25, 0.3) is 10.0 Å². The van der Waals surface area contributed by atoms with E-state index in [-0.39, 0.29) is 27.7 Å². The molecule has 2 N–H and O–H groups in total. The van der Waals surface area contributed by atoms with Gasteiger partial charge in [0.15, 0.2) is 0 Å². The molecule has 0 heterocycles. The van der Waals surface area contributed by atoms with Crippen LogP contribution in [0.5, 0.6) is 0 Å². The fraction of sp³-hybridized carbons (Fsp3) is 0. The van der Waals surface area contributed by atoms with Crippen molar-refractivity contribution in [2.24, 2.45) is 4.40 Å². The minimum atomic E-state index is -4.15. The van der Waals surface area contributed by atoms with E-state index in [1.54, 1.807) is 36.4 Å². The van der Waals surface area contributed by atoms with Crippen molar-refractivity contribution >= 4 is 33.2 Å². The third-order valence-corrected chi connectivity index (χ3v) is 5.95. The normalized spacial score (nSPS) is 14.6. The molecule has 4 rings (SSSR count). The van der Waals surface area contributed by atoms with Crippen LogP contribution in [0.25, 0.3) is 0 Å². The highest BCUT2D eigenvalue weighted by Crippen LogP contribution is 2.25. The second-order valence-corrected chi connectivity index (χ2v) is 8.31. The van der Waals surface area contributed by atoms with Gasteiger partial charge >= 0.3 is 5.97 Å². The van der Waals surface area contributed by atoms with Crippen LogP contribution < -0.4 is 5.32 Å². The molecule has 31 heavy (non-hydrogen) atoms. The predicted octanol–water partition coefficient (Wildman–Crippen LogP) is 3.76. The number of fused-ring (bicyclic) bond motifs is 1. The summed E-state index contributed by atoms with van der Waals surface area (Å²) in [6.07, 6.45) is 1.40. The van der Waals surface area contributed by atoms with Crippen LogP contribution in [-0.2, 0) is 10.0 Å². The third-order valence-electron chi connectivity index (χ3n) is 4.64. The van der Waals surface area contributed by atoms with E-state index in [4.69, 9.17) is 5.11 Å². The van der Waals surface area contributed by atoms with Gasteiger partial charge in [0.1, 0.15) is 0 Å². The Morgan fingerprint density at radius 1 is 0.839 bits per heavy atom. The first kappa shape index (κ1) is 20.2. The van der Waals surface area contributed by atoms with Crippen LogP contribution >= 0.6 is 0 Å². The van der Waals surface area contributed by atoms with Crippen molar-refractivity contribution in [1.82, 2.24) is 0 Å². The molecule has 0 spiro atoms. The highest BCUT2D eigenvalue weighted by atomic mass is 32.2. The number of hydrogen-bond donors (Lipinski definition) is 2. The largest absolute Gasteiger partial charge is 0.478 e. The van der Waals surface area contributed by atoms with Gasteiger partial charge in [0.05, 0.1) is 21.9 Å². The van der Waals surface area contributed by atoms with Crippen molar-refractivity contribution in [3.63, 3.8) is 0 Å². The van der Waals surface area contributed by atoms with Crippen molar-refractivity contribution in [2.45, 2.75) is 4.90 Å². The van der Waals surface area contributed by atoms with E-state index >= 15 is 0 Å². The van der Waals surface area contributed by atoms with E-state index in [9.17, 15) is 18.0 Å². The van der Waals surface area contributed by atoms with Gasteiger partial charge in [-0.15, -0.1) is 0 Å². The standard InChI is InChI=1S/C23H16N2O5S/c26-22-19-9-5-4-8-18(19)20(14-21(22)24-16-6-2-1-3-7-16)25-31(29,30)17-12-10-15(11-13-17)23(27)28/h1-14,24H,(H,27,28)/b25-20-. The summed E-state index contributed by atoms with van der Waals surface area (Å²) in [6.45, 7) is 0. The summed E-state index contributed by atoms with van der Waals surface area (Å²) in [5.41, 5.74) is 1.67. The molecule has 0 fully saturated rings. The van der Waals surface area contributed by atoms with Crippen LogP contribution in [-0.4, -0.2) is 31.0 Å². The smallest absolute Gasteiger partial charge is 0.335 e. The average molecular weight is 432 g/mol. The van der Waals surface area contributed by atoms with E-state index < -0.39 is 16.0 Å². The van der Waals surface area contributed by atoms with Crippen LogP contribution in [0.4, 0.5) is 5.69 Å². The zero-order valence-corrected chi connectivity index (χ0v) is 16.8. The molecule has 0 aliphatic heterocycles. The number of ketones is 1. The van der Waals surface area contributed by atoms with Crippen LogP contribution in [0.1, 0.15) is 26.3 Å². The molecule has 0 bridgehead atoms. The predicted molar refractivity (Wildman–Crippen MR) is 116 cm³/mol. The number of carbonyl (C=O) groups is 2. The summed E-state index contributed by atoms with van der Waals surface area (Å²) < 4.78 is 29.7. The number of Topliss-reactive ketones (excluding diaryl/α,β-unsaturated/α-hetero) is 1. The average Bonchev–Trinajstić information content (AvgIpc) is 2.77. The maximum atomic E-state index is 12.9. The lowest BCUT2D eigenvalue weighted by Gasteiger charge is -2.18. The molecule has 1 aliphatic carbocycles. The number of rotatable bonds is 5. The van der Waals surface area contributed by atoms with Gasteiger partial charge in [-0.05, 0) is 42.5 Å². The molecule has 0 saturated heterocycles. The fourth-order valence-corrected chi connectivity index (χ4v) is 4.12. The SMILES string of the molecule is O=C(O)c1ccc(S(=O)(=O)/N=C2/C=C(Nc3ccccc3)C(=O)c3ccccc32)cc1. The summed E-state index contributed by atoms with van der Waals surface area (Å²) in [4.78, 5) is 23.8. The second kappa shape index (κ2) is 8.00. The molecule has 0 unspecified atom stereocenters. The van der Waals surface area contributed by atoms with E-state index in [1.807, 2.05) is 18.2 Å². The number of benzene rings is 3. The molecule has 0 aromatic heterocycles. The molecule has 3 aromatic rings. The van der Waals surface area contributed by atoms with Crippen molar-refractivity contribution in [3.8, 4) is 0 Å². The van der Waals surface area contributed by atoms with Gasteiger partial charge in [-0.1, -0.05) is 42.5 Å². The molecule has 154 valence electrons. The Morgan fingerprint density at radius 3 is 2.10 bits per heavy atom. The lowest BCUT2D eigenvalue weighted by molar-refractivity contribution is 0.0696. The van der Waals surface area contributed by atoms with Crippen molar-refractivity contribution in [1.29, 1.82) is 0 Å². The summed E-state index contributed by atoms with van der Waals surface area (Å²) in [6, 6.07) is 20.4. The highest BCUT2D eigenvalue weighted by Gasteiger charge is 2.26. The maximum absolute atomic E-state index is 12.9. The summed E-state index contributed by atoms with van der Waals surface area (Å²) in [7, 11) is -4.15. The first-order valence-corrected chi connectivity index (χ1v) is 10.7. The van der Waals surface area contributed by atoms with Gasteiger partial charge in [0.2, 0.25) is 5.78 Å². The van der Waals surface area contributed by atoms with Crippen molar-refractivity contribution in [3.05, 3.63) is 107 Å². The summed E-state index contributed by atoms with van der Waals surface area (Å²) >= 11 is 0. The van der Waals surface area contributed by atoms with Gasteiger partial charge < -0.3 is 10.4 Å². The van der Waals surface area contributed by atoms with Crippen LogP contribution in [0, 0.1) is 0 Å². The number of aromatic carboxylic acids is 1. The lowest BCUT2D eigenvalue weighted by atomic mass is 9.92. The number of anilines is 1. The third kappa shape index (κ3) is 4.15. The summed E-state index contributed by atoms with van der Waals surface area (Å²) in [5, 5.41) is 12.0. The molecule has 0 atom stereocenters. The Bertz CT molecular complexity index is 1340.